The number of hydrogen-bond donors (Lipinski definition) is 0. The number of rotatable bonds is 0. The summed E-state index contributed by atoms with van der Waals surface area (Å²) in [5.41, 5.74) is 0. The maximum Gasteiger partial charge on any atom is 4.00 e. The zero-order valence-corrected chi connectivity index (χ0v) is 12.8. The van der Waals surface area contributed by atoms with E-state index < -0.39 is 0 Å². The molecule has 0 aromatic carbocycles. The van der Waals surface area contributed by atoms with Crippen LogP contribution < -0.4 is 67.9 Å². The Kier molecular flexibility index (Phi) is 66.4. The van der Waals surface area contributed by atoms with Crippen LogP contribution in [0, 0.1) is 0 Å². The van der Waals surface area contributed by atoms with Crippen LogP contribution in [0.2, 0.25) is 0 Å². The molecule has 0 spiro atoms. The fourth-order valence-corrected chi connectivity index (χ4v) is 0.264. The molecular weight excluding hydrogens is 434 g/mol. The van der Waals surface area contributed by atoms with Gasteiger partial charge in [-0.1, -0.05) is 0 Å². The summed E-state index contributed by atoms with van der Waals surface area (Å²) < 4.78 is 4.65. The fraction of sp³-hybridized carbons (Fsp3) is 0.667. The van der Waals surface area contributed by atoms with E-state index in [1.807, 2.05) is 0 Å². The van der Waals surface area contributed by atoms with Gasteiger partial charge in [-0.15, -0.1) is 0 Å². The summed E-state index contributed by atoms with van der Waals surface area (Å²) in [6.07, 6.45) is 1.49. The van der Waals surface area contributed by atoms with Gasteiger partial charge in [-0.3, -0.25) is 4.99 Å². The van der Waals surface area contributed by atoms with E-state index >= 15 is 0 Å². The molecule has 1 aliphatic rings. The van der Waals surface area contributed by atoms with Gasteiger partial charge in [0.2, 0.25) is 0 Å². The number of ether oxygens (including phenoxy) is 1. The van der Waals surface area contributed by atoms with Crippen LogP contribution in [0.25, 0.3) is 0 Å². The monoisotopic (exact) mass is 435 g/mol. The van der Waals surface area contributed by atoms with E-state index in [9.17, 15) is 0 Å². The third-order valence-corrected chi connectivity index (χ3v) is 0.487. The molecule has 0 aliphatic carbocycles. The molecule has 2 nitrogen and oxygen atoms in total. The van der Waals surface area contributed by atoms with E-state index in [0.29, 0.717) is 0 Å². The van der Waals surface area contributed by atoms with Crippen molar-refractivity contribution in [3.05, 3.63) is 0 Å². The van der Waals surface area contributed by atoms with E-state index in [1.165, 1.54) is 6.40 Å². The molecule has 0 bridgehead atoms. The Morgan fingerprint density at radius 1 is 1.10 bits per heavy atom. The summed E-state index contributed by atoms with van der Waals surface area (Å²) in [6.45, 7) is 1.62. The van der Waals surface area contributed by atoms with Gasteiger partial charge in [0.05, 0.1) is 6.54 Å². The Morgan fingerprint density at radius 3 is 1.70 bits per heavy atom. The van der Waals surface area contributed by atoms with Crippen molar-refractivity contribution in [2.24, 2.45) is 4.99 Å². The molecule has 0 fully saturated rings. The Balaban J connectivity index is -0.0000000167. The molecule has 7 heteroatoms. The standard InChI is InChI=1S/C3H5NO.4BrH.Ti/c1-2-5-3-4-1;;;;;/h3H,1-2H2;4*1H;/q;;;;;+4/p-4. The van der Waals surface area contributed by atoms with Crippen molar-refractivity contribution >= 4 is 6.40 Å². The summed E-state index contributed by atoms with van der Waals surface area (Å²) >= 11 is 0. The van der Waals surface area contributed by atoms with Crippen molar-refractivity contribution < 1.29 is 94.4 Å². The molecule has 0 aromatic rings. The van der Waals surface area contributed by atoms with E-state index in [2.05, 4.69) is 9.73 Å². The van der Waals surface area contributed by atoms with Gasteiger partial charge in [0.15, 0.2) is 6.40 Å². The second-order valence-corrected chi connectivity index (χ2v) is 0.882. The third-order valence-electron chi connectivity index (χ3n) is 0.487. The van der Waals surface area contributed by atoms with Gasteiger partial charge in [0, 0.05) is 0 Å². The summed E-state index contributed by atoms with van der Waals surface area (Å²) in [7, 11) is 0. The van der Waals surface area contributed by atoms with Crippen LogP contribution in [0.15, 0.2) is 4.99 Å². The predicted octanol–water partition coefficient (Wildman–Crippen LogP) is -11.9. The Bertz CT molecular complexity index is 58.5. The molecule has 0 radical (unpaired) electrons. The van der Waals surface area contributed by atoms with Gasteiger partial charge < -0.3 is 72.7 Å². The van der Waals surface area contributed by atoms with Gasteiger partial charge >= 0.3 is 21.7 Å². The molecule has 1 rings (SSSR count). The second kappa shape index (κ2) is 22.5. The number of halogens is 4. The molecule has 0 aromatic heterocycles. The van der Waals surface area contributed by atoms with Crippen LogP contribution in [0.3, 0.4) is 0 Å². The van der Waals surface area contributed by atoms with Crippen LogP contribution in [0.5, 0.6) is 0 Å². The Labute approximate surface area is 118 Å². The van der Waals surface area contributed by atoms with Crippen LogP contribution in [0.1, 0.15) is 0 Å². The van der Waals surface area contributed by atoms with Crippen molar-refractivity contribution in [1.82, 2.24) is 0 Å². The first kappa shape index (κ1) is 29.6. The first-order valence-corrected chi connectivity index (χ1v) is 1.60. The normalized spacial score (nSPS) is 9.60. The van der Waals surface area contributed by atoms with E-state index in [0.717, 1.165) is 13.2 Å². The van der Waals surface area contributed by atoms with E-state index in [-0.39, 0.29) is 89.6 Å². The van der Waals surface area contributed by atoms with Crippen LogP contribution >= 0.6 is 0 Å². The molecule has 0 atom stereocenters. The van der Waals surface area contributed by atoms with E-state index in [4.69, 9.17) is 0 Å². The van der Waals surface area contributed by atoms with Crippen molar-refractivity contribution in [3.8, 4) is 0 Å². The molecule has 1 aliphatic heterocycles. The minimum Gasteiger partial charge on any atom is -1.00 e. The topological polar surface area (TPSA) is 21.6 Å². The largest absolute Gasteiger partial charge is 4.00 e. The van der Waals surface area contributed by atoms with Crippen molar-refractivity contribution in [2.45, 2.75) is 0 Å². The first-order chi connectivity index (χ1) is 2.50. The number of aliphatic imine (C=N–C) groups is 1. The quantitative estimate of drug-likeness (QED) is 0.345. The minimum absolute atomic E-state index is 0. The van der Waals surface area contributed by atoms with Crippen LogP contribution in [-0.4, -0.2) is 19.6 Å². The molecule has 1 heterocycles. The number of nitrogens with zero attached hydrogens (tertiary/aromatic N) is 1. The SMILES string of the molecule is C1=NCCO1.[Br-].[Br-].[Br-].[Br-].[Ti+4]. The van der Waals surface area contributed by atoms with Gasteiger partial charge in [0.1, 0.15) is 6.61 Å². The third kappa shape index (κ3) is 16.6. The molecule has 0 saturated heterocycles. The zero-order valence-electron chi connectivity index (χ0n) is 4.86. The average molecular weight is 439 g/mol. The van der Waals surface area contributed by atoms with Crippen LogP contribution in [-0.2, 0) is 26.5 Å². The summed E-state index contributed by atoms with van der Waals surface area (Å²) in [5.74, 6) is 0. The number of hydrogen-bond acceptors (Lipinski definition) is 2. The molecule has 0 N–H and O–H groups in total. The molecule has 10 heavy (non-hydrogen) atoms. The van der Waals surface area contributed by atoms with Crippen molar-refractivity contribution in [1.29, 1.82) is 0 Å². The Hall–Kier alpha value is 2.10. The van der Waals surface area contributed by atoms with Gasteiger partial charge in [-0.25, -0.2) is 0 Å². The van der Waals surface area contributed by atoms with Gasteiger partial charge in [0.25, 0.3) is 0 Å². The minimum atomic E-state index is 0. The molecule has 60 valence electrons. The molecule has 0 unspecified atom stereocenters. The van der Waals surface area contributed by atoms with Crippen LogP contribution in [0.4, 0.5) is 0 Å². The first-order valence-electron chi connectivity index (χ1n) is 1.60. The molecule has 0 saturated carbocycles. The fourth-order valence-electron chi connectivity index (χ4n) is 0.264. The Morgan fingerprint density at radius 2 is 1.60 bits per heavy atom. The summed E-state index contributed by atoms with van der Waals surface area (Å²) in [6, 6.07) is 0. The smallest absolute Gasteiger partial charge is 1.00 e. The zero-order chi connectivity index (χ0) is 3.54. The molecule has 0 amide bonds. The average Bonchev–Trinajstić information content (AvgIpc) is 1.76. The van der Waals surface area contributed by atoms with Gasteiger partial charge in [-0.2, -0.15) is 0 Å². The van der Waals surface area contributed by atoms with E-state index in [1.54, 1.807) is 0 Å². The van der Waals surface area contributed by atoms with Gasteiger partial charge in [-0.05, 0) is 0 Å². The maximum absolute atomic E-state index is 4.65. The summed E-state index contributed by atoms with van der Waals surface area (Å²) in [5, 5.41) is 0. The second-order valence-electron chi connectivity index (χ2n) is 0.882. The predicted molar refractivity (Wildman–Crippen MR) is 19.3 cm³/mol. The maximum atomic E-state index is 4.65. The van der Waals surface area contributed by atoms with Crippen molar-refractivity contribution in [2.75, 3.05) is 13.2 Å². The summed E-state index contributed by atoms with van der Waals surface area (Å²) in [4.78, 5) is 3.74. The van der Waals surface area contributed by atoms with Crippen molar-refractivity contribution in [3.63, 3.8) is 0 Å². The molecular formula is C3H5Br4NOTi.